The van der Waals surface area contributed by atoms with Crippen molar-refractivity contribution in [2.24, 2.45) is 0 Å². The number of hydrogen-bond acceptors (Lipinski definition) is 1. The maximum absolute atomic E-state index is 14.1. The molecule has 2 aliphatic carbocycles. The van der Waals surface area contributed by atoms with Crippen LogP contribution in [0.1, 0.15) is 49.9 Å². The van der Waals surface area contributed by atoms with E-state index in [1.54, 1.807) is 0 Å². The van der Waals surface area contributed by atoms with Gasteiger partial charge in [0.05, 0.1) is 22.1 Å². The fraction of sp³-hybridized carbons (Fsp3) is 0.0909. The number of benzene rings is 10. The highest BCUT2D eigenvalue weighted by Crippen LogP contribution is 2.54. The predicted octanol–water partition coefficient (Wildman–Crippen LogP) is 17.8. The lowest BCUT2D eigenvalue weighted by Crippen LogP contribution is -2.18. The molecule has 0 amide bonds. The van der Waals surface area contributed by atoms with E-state index in [1.807, 2.05) is 12.1 Å². The first-order valence-electron chi connectivity index (χ1n) is 24.4. The van der Waals surface area contributed by atoms with E-state index < -0.39 is 0 Å². The maximum atomic E-state index is 14.1. The molecule has 3 nitrogen and oxygen atoms in total. The first-order chi connectivity index (χ1) is 34.1. The fourth-order valence-electron chi connectivity index (χ4n) is 12.3. The van der Waals surface area contributed by atoms with E-state index in [-0.39, 0.29) is 16.6 Å². The Labute approximate surface area is 406 Å². The molecule has 14 rings (SSSR count). The molecule has 0 bridgehead atoms. The van der Waals surface area contributed by atoms with Gasteiger partial charge in [-0.25, -0.2) is 4.39 Å². The zero-order valence-corrected chi connectivity index (χ0v) is 39.5. The SMILES string of the molecule is CC1(C)c2ccccc2-c2ccc(N(c3ccc4c(c3)C(C)(C)c3cc(-c5ccc6c(c5)c5ccccc5n6-c5ccc(F)cc5)ccc3-4)c3ccc4c(c3)c3ccccc3n4-c3ccccc3)cc21. The molecule has 2 heterocycles. The number of hydrogen-bond donors (Lipinski definition) is 0. The lowest BCUT2D eigenvalue weighted by Gasteiger charge is -2.30. The predicted molar refractivity (Wildman–Crippen MR) is 290 cm³/mol. The van der Waals surface area contributed by atoms with Gasteiger partial charge in [0.15, 0.2) is 0 Å². The van der Waals surface area contributed by atoms with Gasteiger partial charge in [0, 0.05) is 60.8 Å². The molecule has 10 aromatic carbocycles. The van der Waals surface area contributed by atoms with Crippen LogP contribution < -0.4 is 4.90 Å². The average molecular weight is 902 g/mol. The number of aromatic nitrogens is 2. The molecule has 0 aliphatic heterocycles. The van der Waals surface area contributed by atoms with E-state index in [2.05, 4.69) is 236 Å². The van der Waals surface area contributed by atoms with Crippen LogP contribution in [0.15, 0.2) is 218 Å². The summed E-state index contributed by atoms with van der Waals surface area (Å²) in [4.78, 5) is 2.48. The van der Waals surface area contributed by atoms with Crippen molar-refractivity contribution in [1.82, 2.24) is 9.13 Å². The molecule has 0 saturated carbocycles. The Bertz CT molecular complexity index is 4130. The largest absolute Gasteiger partial charge is 0.310 e. The highest BCUT2D eigenvalue weighted by Gasteiger charge is 2.38. The molecular weight excluding hydrogens is 854 g/mol. The van der Waals surface area contributed by atoms with Gasteiger partial charge in [-0.1, -0.05) is 137 Å². The number of fused-ring (bicyclic) bond motifs is 12. The topological polar surface area (TPSA) is 13.1 Å². The molecule has 2 aromatic heterocycles. The van der Waals surface area contributed by atoms with Gasteiger partial charge in [-0.15, -0.1) is 0 Å². The van der Waals surface area contributed by atoms with Crippen LogP contribution in [0, 0.1) is 5.82 Å². The van der Waals surface area contributed by atoms with Crippen LogP contribution in [0.25, 0.3) is 88.4 Å². The maximum Gasteiger partial charge on any atom is 0.123 e. The van der Waals surface area contributed by atoms with Gasteiger partial charge >= 0.3 is 0 Å². The van der Waals surface area contributed by atoms with Crippen molar-refractivity contribution in [3.8, 4) is 44.8 Å². The van der Waals surface area contributed by atoms with E-state index in [0.29, 0.717) is 0 Å². The molecule has 0 atom stereocenters. The van der Waals surface area contributed by atoms with Gasteiger partial charge in [-0.3, -0.25) is 0 Å². The van der Waals surface area contributed by atoms with E-state index >= 15 is 0 Å². The molecule has 2 aliphatic rings. The minimum atomic E-state index is -0.278. The lowest BCUT2D eigenvalue weighted by atomic mass is 9.81. The second-order valence-corrected chi connectivity index (χ2v) is 20.3. The summed E-state index contributed by atoms with van der Waals surface area (Å²) in [6.07, 6.45) is 0. The van der Waals surface area contributed by atoms with Gasteiger partial charge in [0.1, 0.15) is 5.82 Å². The number of anilines is 3. The van der Waals surface area contributed by atoms with E-state index in [1.165, 1.54) is 100 Å². The number of halogens is 1. The van der Waals surface area contributed by atoms with E-state index in [0.717, 1.165) is 39.5 Å². The Morgan fingerprint density at radius 3 is 1.41 bits per heavy atom. The standard InChI is InChI=1S/C66H48FN3/c1-65(2)57-19-11-8-16-49(57)51-32-28-47(39-59(51)65)68(46-30-35-64-56(38-46)54-18-10-13-21-62(54)69(64)44-14-6-5-7-15-44)48-29-33-52-50-31-22-42(37-58(50)66(3,4)60(52)40-48)41-23-34-63-55(36-41)53-17-9-12-20-61(53)70(63)45-26-24-43(67)25-27-45/h5-40H,1-4H3. The zero-order chi connectivity index (χ0) is 47.0. The quantitative estimate of drug-likeness (QED) is 0.162. The minimum absolute atomic E-state index is 0.149. The molecule has 334 valence electrons. The van der Waals surface area contributed by atoms with Crippen LogP contribution in [-0.4, -0.2) is 9.13 Å². The Hall–Kier alpha value is -8.47. The second-order valence-electron chi connectivity index (χ2n) is 20.3. The van der Waals surface area contributed by atoms with Crippen molar-refractivity contribution in [3.63, 3.8) is 0 Å². The summed E-state index contributed by atoms with van der Waals surface area (Å²) >= 11 is 0. The Morgan fingerprint density at radius 1 is 0.329 bits per heavy atom. The summed E-state index contributed by atoms with van der Waals surface area (Å²) in [6.45, 7) is 9.50. The molecule has 4 heteroatoms. The third-order valence-corrected chi connectivity index (χ3v) is 15.8. The van der Waals surface area contributed by atoms with Crippen LogP contribution in [0.3, 0.4) is 0 Å². The molecule has 70 heavy (non-hydrogen) atoms. The van der Waals surface area contributed by atoms with Crippen molar-refractivity contribution in [3.05, 3.63) is 246 Å². The summed E-state index contributed by atoms with van der Waals surface area (Å²) in [6, 6.07) is 78.8. The first-order valence-corrected chi connectivity index (χ1v) is 24.4. The van der Waals surface area contributed by atoms with Gasteiger partial charge in [-0.05, 0) is 165 Å². The summed E-state index contributed by atoms with van der Waals surface area (Å²) in [7, 11) is 0. The number of nitrogens with zero attached hydrogens (tertiary/aromatic N) is 3. The highest BCUT2D eigenvalue weighted by molar-refractivity contribution is 6.12. The molecule has 0 spiro atoms. The monoisotopic (exact) mass is 901 g/mol. The molecule has 0 radical (unpaired) electrons. The summed E-state index contributed by atoms with van der Waals surface area (Å²) in [5.74, 6) is -0.238. The number of para-hydroxylation sites is 3. The molecule has 0 unspecified atom stereocenters. The van der Waals surface area contributed by atoms with Crippen LogP contribution in [0.2, 0.25) is 0 Å². The van der Waals surface area contributed by atoms with Gasteiger partial charge in [0.25, 0.3) is 0 Å². The Morgan fingerprint density at radius 2 is 0.757 bits per heavy atom. The average Bonchev–Trinajstić information content (AvgIpc) is 4.05. The smallest absolute Gasteiger partial charge is 0.123 e. The van der Waals surface area contributed by atoms with Gasteiger partial charge < -0.3 is 14.0 Å². The summed E-state index contributed by atoms with van der Waals surface area (Å²) in [5.41, 5.74) is 22.5. The van der Waals surface area contributed by atoms with Crippen LogP contribution in [0.4, 0.5) is 21.5 Å². The third kappa shape index (κ3) is 5.80. The first kappa shape index (κ1) is 40.6. The minimum Gasteiger partial charge on any atom is -0.310 e. The molecule has 0 N–H and O–H groups in total. The van der Waals surface area contributed by atoms with Crippen molar-refractivity contribution < 1.29 is 4.39 Å². The zero-order valence-electron chi connectivity index (χ0n) is 39.5. The highest BCUT2D eigenvalue weighted by atomic mass is 19.1. The van der Waals surface area contributed by atoms with Crippen LogP contribution in [0.5, 0.6) is 0 Å². The lowest BCUT2D eigenvalue weighted by molar-refractivity contribution is 0.627. The Balaban J connectivity index is 0.905. The molecule has 12 aromatic rings. The van der Waals surface area contributed by atoms with Crippen molar-refractivity contribution in [2.45, 2.75) is 38.5 Å². The van der Waals surface area contributed by atoms with Gasteiger partial charge in [0.2, 0.25) is 0 Å². The van der Waals surface area contributed by atoms with Crippen LogP contribution in [-0.2, 0) is 10.8 Å². The normalized spacial score (nSPS) is 14.0. The van der Waals surface area contributed by atoms with Gasteiger partial charge in [-0.2, -0.15) is 0 Å². The summed E-state index contributed by atoms with van der Waals surface area (Å²) in [5, 5.41) is 4.79. The molecular formula is C66H48FN3. The van der Waals surface area contributed by atoms with Crippen LogP contribution >= 0.6 is 0 Å². The van der Waals surface area contributed by atoms with E-state index in [4.69, 9.17) is 0 Å². The second kappa shape index (κ2) is 14.8. The molecule has 0 saturated heterocycles. The Kier molecular flexibility index (Phi) is 8.56. The number of rotatable bonds is 6. The molecule has 0 fully saturated rings. The van der Waals surface area contributed by atoms with Crippen molar-refractivity contribution in [1.29, 1.82) is 0 Å². The summed E-state index contributed by atoms with van der Waals surface area (Å²) < 4.78 is 18.7. The van der Waals surface area contributed by atoms with Crippen molar-refractivity contribution in [2.75, 3.05) is 4.90 Å². The fourth-order valence-corrected chi connectivity index (χ4v) is 12.3. The third-order valence-electron chi connectivity index (χ3n) is 15.8. The van der Waals surface area contributed by atoms with E-state index in [9.17, 15) is 4.39 Å². The van der Waals surface area contributed by atoms with Crippen molar-refractivity contribution >= 4 is 60.7 Å².